The standard InChI is InChI=1S/C20H25N7O2S2/c1-2-30-20-24-18(26-9-11-29-12-10-26)16-13-23-27(19(16)25-20)8-7-22-17(28)14-31-15-3-5-21-6-4-15/h3-6,13H,2,7-12,14H2,1H3,(H,22,28). The summed E-state index contributed by atoms with van der Waals surface area (Å²) in [4.78, 5) is 28.9. The van der Waals surface area contributed by atoms with Gasteiger partial charge in [-0.05, 0) is 17.9 Å². The Labute approximate surface area is 189 Å². The number of hydrogen-bond acceptors (Lipinski definition) is 9. The van der Waals surface area contributed by atoms with Gasteiger partial charge in [-0.2, -0.15) is 5.10 Å². The summed E-state index contributed by atoms with van der Waals surface area (Å²) in [6.07, 6.45) is 5.27. The van der Waals surface area contributed by atoms with E-state index in [0.717, 1.165) is 45.7 Å². The van der Waals surface area contributed by atoms with Crippen LogP contribution in [-0.4, -0.2) is 75.0 Å². The van der Waals surface area contributed by atoms with E-state index in [-0.39, 0.29) is 5.91 Å². The van der Waals surface area contributed by atoms with Gasteiger partial charge in [0.15, 0.2) is 10.8 Å². The number of pyridine rings is 1. The van der Waals surface area contributed by atoms with Crippen LogP contribution in [0.3, 0.4) is 0 Å². The number of fused-ring (bicyclic) bond motifs is 1. The Morgan fingerprint density at radius 2 is 2.00 bits per heavy atom. The molecule has 0 bridgehead atoms. The van der Waals surface area contributed by atoms with E-state index in [1.54, 1.807) is 24.2 Å². The second-order valence-electron chi connectivity index (χ2n) is 6.79. The van der Waals surface area contributed by atoms with Gasteiger partial charge in [0.1, 0.15) is 5.82 Å². The predicted molar refractivity (Wildman–Crippen MR) is 123 cm³/mol. The minimum absolute atomic E-state index is 0.0101. The average molecular weight is 460 g/mol. The molecule has 0 atom stereocenters. The molecule has 11 heteroatoms. The van der Waals surface area contributed by atoms with E-state index < -0.39 is 0 Å². The van der Waals surface area contributed by atoms with E-state index in [9.17, 15) is 4.79 Å². The molecule has 0 spiro atoms. The van der Waals surface area contributed by atoms with Crippen molar-refractivity contribution in [2.24, 2.45) is 0 Å². The van der Waals surface area contributed by atoms with Crippen molar-refractivity contribution >= 4 is 46.3 Å². The van der Waals surface area contributed by atoms with E-state index in [0.29, 0.717) is 32.1 Å². The Bertz CT molecular complexity index is 1010. The van der Waals surface area contributed by atoms with E-state index in [1.807, 2.05) is 23.0 Å². The third-order valence-electron chi connectivity index (χ3n) is 4.71. The summed E-state index contributed by atoms with van der Waals surface area (Å²) in [6.45, 7) is 6.12. The average Bonchev–Trinajstić information content (AvgIpc) is 3.21. The Morgan fingerprint density at radius 1 is 1.19 bits per heavy atom. The molecule has 31 heavy (non-hydrogen) atoms. The molecule has 1 amide bonds. The van der Waals surface area contributed by atoms with Crippen LogP contribution in [0, 0.1) is 0 Å². The largest absolute Gasteiger partial charge is 0.378 e. The fourth-order valence-corrected chi connectivity index (χ4v) is 4.50. The number of amides is 1. The van der Waals surface area contributed by atoms with Gasteiger partial charge in [0.25, 0.3) is 0 Å². The molecular formula is C20H25N7O2S2. The lowest BCUT2D eigenvalue weighted by molar-refractivity contribution is -0.118. The monoisotopic (exact) mass is 459 g/mol. The van der Waals surface area contributed by atoms with Gasteiger partial charge in [-0.15, -0.1) is 11.8 Å². The molecule has 1 N–H and O–H groups in total. The zero-order valence-electron chi connectivity index (χ0n) is 17.4. The Hall–Kier alpha value is -2.37. The van der Waals surface area contributed by atoms with Crippen molar-refractivity contribution < 1.29 is 9.53 Å². The van der Waals surface area contributed by atoms with Gasteiger partial charge < -0.3 is 15.0 Å². The zero-order valence-corrected chi connectivity index (χ0v) is 19.0. The van der Waals surface area contributed by atoms with Crippen LogP contribution in [0.1, 0.15) is 6.92 Å². The summed E-state index contributed by atoms with van der Waals surface area (Å²) in [7, 11) is 0. The summed E-state index contributed by atoms with van der Waals surface area (Å²) in [5.74, 6) is 2.16. The Kier molecular flexibility index (Phi) is 7.60. The summed E-state index contributed by atoms with van der Waals surface area (Å²) in [6, 6.07) is 3.79. The molecule has 164 valence electrons. The summed E-state index contributed by atoms with van der Waals surface area (Å²) < 4.78 is 7.33. The number of ether oxygens (including phenoxy) is 1. The zero-order chi connectivity index (χ0) is 21.5. The molecule has 1 fully saturated rings. The summed E-state index contributed by atoms with van der Waals surface area (Å²) >= 11 is 3.11. The molecule has 3 aromatic rings. The molecule has 1 saturated heterocycles. The van der Waals surface area contributed by atoms with E-state index in [2.05, 4.69) is 27.2 Å². The molecule has 0 aliphatic carbocycles. The van der Waals surface area contributed by atoms with Crippen LogP contribution in [0.5, 0.6) is 0 Å². The number of thioether (sulfide) groups is 2. The fourth-order valence-electron chi connectivity index (χ4n) is 3.23. The first-order valence-electron chi connectivity index (χ1n) is 10.2. The van der Waals surface area contributed by atoms with Crippen LogP contribution in [-0.2, 0) is 16.1 Å². The highest BCUT2D eigenvalue weighted by Gasteiger charge is 2.20. The van der Waals surface area contributed by atoms with Crippen LogP contribution in [0.4, 0.5) is 5.82 Å². The normalized spacial score (nSPS) is 14.2. The Morgan fingerprint density at radius 3 is 2.77 bits per heavy atom. The summed E-state index contributed by atoms with van der Waals surface area (Å²) in [5.41, 5.74) is 0.799. The van der Waals surface area contributed by atoms with Crippen LogP contribution < -0.4 is 10.2 Å². The lowest BCUT2D eigenvalue weighted by atomic mass is 10.3. The first-order valence-corrected chi connectivity index (χ1v) is 12.2. The number of anilines is 1. The van der Waals surface area contributed by atoms with Crippen LogP contribution in [0.15, 0.2) is 40.8 Å². The van der Waals surface area contributed by atoms with Gasteiger partial charge in [-0.3, -0.25) is 9.78 Å². The molecule has 4 heterocycles. The highest BCUT2D eigenvalue weighted by molar-refractivity contribution is 8.00. The SMILES string of the molecule is CCSc1nc(N2CCOCC2)c2cnn(CCNC(=O)CSc3ccncc3)c2n1. The van der Waals surface area contributed by atoms with Crippen molar-refractivity contribution in [3.05, 3.63) is 30.7 Å². The topological polar surface area (TPSA) is 98.1 Å². The number of carbonyl (C=O) groups excluding carboxylic acids is 1. The molecule has 0 aromatic carbocycles. The van der Waals surface area contributed by atoms with Crippen molar-refractivity contribution in [1.29, 1.82) is 0 Å². The van der Waals surface area contributed by atoms with Crippen molar-refractivity contribution in [2.75, 3.05) is 49.3 Å². The van der Waals surface area contributed by atoms with Crippen molar-refractivity contribution in [3.8, 4) is 0 Å². The van der Waals surface area contributed by atoms with Crippen LogP contribution in [0.25, 0.3) is 11.0 Å². The number of morpholine rings is 1. The van der Waals surface area contributed by atoms with Gasteiger partial charge in [0, 0.05) is 36.9 Å². The lowest BCUT2D eigenvalue weighted by Gasteiger charge is -2.28. The number of nitrogens with zero attached hydrogens (tertiary/aromatic N) is 6. The molecule has 0 radical (unpaired) electrons. The van der Waals surface area contributed by atoms with E-state index >= 15 is 0 Å². The minimum Gasteiger partial charge on any atom is -0.378 e. The third-order valence-corrected chi connectivity index (χ3v) is 6.45. The smallest absolute Gasteiger partial charge is 0.230 e. The summed E-state index contributed by atoms with van der Waals surface area (Å²) in [5, 5.41) is 9.17. The molecule has 3 aromatic heterocycles. The first kappa shape index (κ1) is 21.8. The van der Waals surface area contributed by atoms with Crippen molar-refractivity contribution in [1.82, 2.24) is 30.0 Å². The molecular weight excluding hydrogens is 434 g/mol. The first-order chi connectivity index (χ1) is 15.2. The highest BCUT2D eigenvalue weighted by atomic mass is 32.2. The van der Waals surface area contributed by atoms with Gasteiger partial charge >= 0.3 is 0 Å². The maximum atomic E-state index is 12.2. The second kappa shape index (κ2) is 10.8. The molecule has 0 unspecified atom stereocenters. The number of carbonyl (C=O) groups is 1. The van der Waals surface area contributed by atoms with Gasteiger partial charge in [0.2, 0.25) is 5.91 Å². The van der Waals surface area contributed by atoms with Crippen molar-refractivity contribution in [3.63, 3.8) is 0 Å². The number of aromatic nitrogens is 5. The fraction of sp³-hybridized carbons (Fsp3) is 0.450. The minimum atomic E-state index is -0.0101. The van der Waals surface area contributed by atoms with E-state index in [1.165, 1.54) is 11.8 Å². The second-order valence-corrected chi connectivity index (χ2v) is 9.07. The van der Waals surface area contributed by atoms with Crippen molar-refractivity contribution in [2.45, 2.75) is 23.5 Å². The lowest BCUT2D eigenvalue weighted by Crippen LogP contribution is -2.37. The molecule has 1 aliphatic rings. The Balaban J connectivity index is 1.41. The maximum Gasteiger partial charge on any atom is 0.230 e. The van der Waals surface area contributed by atoms with Crippen LogP contribution >= 0.6 is 23.5 Å². The predicted octanol–water partition coefficient (Wildman–Crippen LogP) is 2.08. The molecule has 0 saturated carbocycles. The van der Waals surface area contributed by atoms with Gasteiger partial charge in [-0.1, -0.05) is 18.7 Å². The van der Waals surface area contributed by atoms with Crippen LogP contribution in [0.2, 0.25) is 0 Å². The molecule has 4 rings (SSSR count). The third kappa shape index (κ3) is 5.66. The number of rotatable bonds is 9. The quantitative estimate of drug-likeness (QED) is 0.381. The number of hydrogen-bond donors (Lipinski definition) is 1. The van der Waals surface area contributed by atoms with Gasteiger partial charge in [-0.25, -0.2) is 14.6 Å². The number of nitrogens with one attached hydrogen (secondary N) is 1. The highest BCUT2D eigenvalue weighted by Crippen LogP contribution is 2.27. The molecule has 9 nitrogen and oxygen atoms in total. The van der Waals surface area contributed by atoms with Gasteiger partial charge in [0.05, 0.1) is 37.1 Å². The maximum absolute atomic E-state index is 12.2. The molecule has 1 aliphatic heterocycles. The van der Waals surface area contributed by atoms with E-state index in [4.69, 9.17) is 14.7 Å².